The van der Waals surface area contributed by atoms with Crippen molar-refractivity contribution in [2.45, 2.75) is 23.9 Å². The van der Waals surface area contributed by atoms with Crippen molar-refractivity contribution in [2.24, 2.45) is 0 Å². The van der Waals surface area contributed by atoms with Crippen LogP contribution in [0.2, 0.25) is 0 Å². The Morgan fingerprint density at radius 3 is 3.14 bits per heavy atom. The topological polar surface area (TPSA) is 62.4 Å². The molecular weight excluding hydrogens is 184 g/mol. The largest absolute Gasteiger partial charge is 0.386 e. The van der Waals surface area contributed by atoms with Gasteiger partial charge in [-0.1, -0.05) is 11.8 Å². The van der Waals surface area contributed by atoms with Gasteiger partial charge < -0.3 is 14.6 Å². The SMILES string of the molecule is O=C1C=C[C@H](O)[C@H]2O[C@@]12C#C[C@@H]1CO1. The van der Waals surface area contributed by atoms with Gasteiger partial charge in [-0.05, 0) is 12.2 Å². The Kier molecular flexibility index (Phi) is 1.43. The summed E-state index contributed by atoms with van der Waals surface area (Å²) in [6.45, 7) is 0.625. The summed E-state index contributed by atoms with van der Waals surface area (Å²) in [6, 6.07) is 0. The van der Waals surface area contributed by atoms with Gasteiger partial charge in [-0.2, -0.15) is 0 Å². The molecule has 0 aromatic heterocycles. The normalized spacial score (nSPS) is 47.8. The highest BCUT2D eigenvalue weighted by Crippen LogP contribution is 2.42. The molecule has 0 bridgehead atoms. The number of hydrogen-bond donors (Lipinski definition) is 1. The van der Waals surface area contributed by atoms with Crippen LogP contribution in [0.1, 0.15) is 0 Å². The number of ketones is 1. The quantitative estimate of drug-likeness (QED) is 0.396. The standard InChI is InChI=1S/C10H8O4/c11-7-1-2-8(12)10(9(7)14-10)4-3-6-5-13-6/h1-2,6-7,9,11H,5H2/t6-,7+,9-,10+/m1/s1. The van der Waals surface area contributed by atoms with E-state index in [0.29, 0.717) is 6.61 Å². The maximum atomic E-state index is 11.5. The van der Waals surface area contributed by atoms with E-state index in [4.69, 9.17) is 9.47 Å². The third kappa shape index (κ3) is 1.04. The van der Waals surface area contributed by atoms with E-state index < -0.39 is 17.8 Å². The maximum absolute atomic E-state index is 11.5. The van der Waals surface area contributed by atoms with E-state index in [2.05, 4.69) is 11.8 Å². The van der Waals surface area contributed by atoms with Crippen LogP contribution in [0.4, 0.5) is 0 Å². The summed E-state index contributed by atoms with van der Waals surface area (Å²) in [7, 11) is 0. The molecule has 4 nitrogen and oxygen atoms in total. The van der Waals surface area contributed by atoms with E-state index in [0.717, 1.165) is 0 Å². The summed E-state index contributed by atoms with van der Waals surface area (Å²) >= 11 is 0. The monoisotopic (exact) mass is 192 g/mol. The number of rotatable bonds is 0. The summed E-state index contributed by atoms with van der Waals surface area (Å²) in [6.07, 6.45) is 1.52. The highest BCUT2D eigenvalue weighted by Gasteiger charge is 2.65. The van der Waals surface area contributed by atoms with Gasteiger partial charge in [0.15, 0.2) is 0 Å². The zero-order valence-electron chi connectivity index (χ0n) is 7.27. The van der Waals surface area contributed by atoms with Gasteiger partial charge in [0, 0.05) is 0 Å². The summed E-state index contributed by atoms with van der Waals surface area (Å²) in [5, 5.41) is 9.42. The summed E-state index contributed by atoms with van der Waals surface area (Å²) in [5.74, 6) is 5.37. The molecule has 3 rings (SSSR count). The predicted octanol–water partition coefficient (Wildman–Crippen LogP) is -0.974. The van der Waals surface area contributed by atoms with Crippen LogP contribution in [0.5, 0.6) is 0 Å². The van der Waals surface area contributed by atoms with E-state index >= 15 is 0 Å². The molecule has 0 aromatic carbocycles. The van der Waals surface area contributed by atoms with Crippen molar-refractivity contribution in [2.75, 3.05) is 6.61 Å². The summed E-state index contributed by atoms with van der Waals surface area (Å²) in [4.78, 5) is 11.5. The minimum atomic E-state index is -1.07. The molecule has 1 aliphatic carbocycles. The fourth-order valence-electron chi connectivity index (χ4n) is 1.57. The molecule has 0 amide bonds. The van der Waals surface area contributed by atoms with E-state index in [-0.39, 0.29) is 11.9 Å². The van der Waals surface area contributed by atoms with Crippen LogP contribution in [0.3, 0.4) is 0 Å². The van der Waals surface area contributed by atoms with E-state index in [1.165, 1.54) is 12.2 Å². The lowest BCUT2D eigenvalue weighted by Crippen LogP contribution is -2.33. The molecule has 0 spiro atoms. The van der Waals surface area contributed by atoms with E-state index in [1.807, 2.05) is 0 Å². The van der Waals surface area contributed by atoms with Crippen LogP contribution in [-0.4, -0.2) is 41.4 Å². The first-order valence-corrected chi connectivity index (χ1v) is 4.45. The Balaban J connectivity index is 1.88. The van der Waals surface area contributed by atoms with Crippen LogP contribution < -0.4 is 0 Å². The molecule has 0 aromatic rings. The average molecular weight is 192 g/mol. The molecule has 3 aliphatic rings. The number of hydrogen-bond acceptors (Lipinski definition) is 4. The van der Waals surface area contributed by atoms with Gasteiger partial charge in [-0.3, -0.25) is 4.79 Å². The van der Waals surface area contributed by atoms with Crippen molar-refractivity contribution < 1.29 is 19.4 Å². The van der Waals surface area contributed by atoms with Gasteiger partial charge in [0.1, 0.15) is 18.3 Å². The minimum absolute atomic E-state index is 0.0509. The zero-order valence-corrected chi connectivity index (χ0v) is 7.27. The van der Waals surface area contributed by atoms with E-state index in [9.17, 15) is 9.90 Å². The van der Waals surface area contributed by atoms with Crippen LogP contribution in [0, 0.1) is 11.8 Å². The first-order valence-electron chi connectivity index (χ1n) is 4.45. The Labute approximate surface area is 80.5 Å². The lowest BCUT2D eigenvalue weighted by Gasteiger charge is -2.08. The predicted molar refractivity (Wildman–Crippen MR) is 45.3 cm³/mol. The Morgan fingerprint density at radius 1 is 1.64 bits per heavy atom. The first-order chi connectivity index (χ1) is 6.72. The van der Waals surface area contributed by atoms with E-state index in [1.54, 1.807) is 0 Å². The molecule has 2 fully saturated rings. The van der Waals surface area contributed by atoms with Crippen molar-refractivity contribution in [3.8, 4) is 11.8 Å². The Morgan fingerprint density at radius 2 is 2.43 bits per heavy atom. The second-order valence-electron chi connectivity index (χ2n) is 3.58. The van der Waals surface area contributed by atoms with Gasteiger partial charge in [-0.25, -0.2) is 0 Å². The number of aliphatic hydroxyl groups is 1. The van der Waals surface area contributed by atoms with Crippen molar-refractivity contribution in [1.29, 1.82) is 0 Å². The molecule has 14 heavy (non-hydrogen) atoms. The molecule has 0 unspecified atom stereocenters. The third-order valence-corrected chi connectivity index (χ3v) is 2.53. The average Bonchev–Trinajstić information content (AvgIpc) is 2.98. The Hall–Kier alpha value is -1.15. The smallest absolute Gasteiger partial charge is 0.220 e. The lowest BCUT2D eigenvalue weighted by atomic mass is 9.91. The van der Waals surface area contributed by atoms with Gasteiger partial charge in [-0.15, -0.1) is 0 Å². The molecule has 0 saturated carbocycles. The minimum Gasteiger partial charge on any atom is -0.386 e. The number of aliphatic hydroxyl groups excluding tert-OH is 1. The molecular formula is C10H8O4. The van der Waals surface area contributed by atoms with Crippen LogP contribution >= 0.6 is 0 Å². The van der Waals surface area contributed by atoms with Gasteiger partial charge >= 0.3 is 0 Å². The fourth-order valence-corrected chi connectivity index (χ4v) is 1.57. The van der Waals surface area contributed by atoms with Crippen molar-refractivity contribution in [3.05, 3.63) is 12.2 Å². The Bertz CT molecular complexity index is 385. The number of ether oxygens (including phenoxy) is 2. The number of epoxide rings is 2. The molecule has 4 heteroatoms. The fraction of sp³-hybridized carbons (Fsp3) is 0.500. The lowest BCUT2D eigenvalue weighted by molar-refractivity contribution is -0.117. The number of carbonyl (C=O) groups excluding carboxylic acids is 1. The summed E-state index contributed by atoms with van der Waals surface area (Å²) in [5.41, 5.74) is -1.07. The van der Waals surface area contributed by atoms with Crippen LogP contribution in [0.25, 0.3) is 0 Å². The van der Waals surface area contributed by atoms with Gasteiger partial charge in [0.25, 0.3) is 0 Å². The number of fused-ring (bicyclic) bond motifs is 1. The second kappa shape index (κ2) is 2.45. The molecule has 72 valence electrons. The molecule has 4 atom stereocenters. The van der Waals surface area contributed by atoms with Crippen LogP contribution in [-0.2, 0) is 14.3 Å². The van der Waals surface area contributed by atoms with Crippen molar-refractivity contribution >= 4 is 5.78 Å². The molecule has 2 heterocycles. The highest BCUT2D eigenvalue weighted by atomic mass is 16.6. The number of carbonyl (C=O) groups is 1. The third-order valence-electron chi connectivity index (χ3n) is 2.53. The highest BCUT2D eigenvalue weighted by molar-refractivity contribution is 6.04. The molecule has 2 aliphatic heterocycles. The van der Waals surface area contributed by atoms with Crippen molar-refractivity contribution in [1.82, 2.24) is 0 Å². The maximum Gasteiger partial charge on any atom is 0.220 e. The summed E-state index contributed by atoms with van der Waals surface area (Å²) < 4.78 is 10.1. The second-order valence-corrected chi connectivity index (χ2v) is 3.58. The molecule has 0 radical (unpaired) electrons. The van der Waals surface area contributed by atoms with Gasteiger partial charge in [0.05, 0.1) is 6.61 Å². The van der Waals surface area contributed by atoms with Gasteiger partial charge in [0.2, 0.25) is 11.4 Å². The zero-order chi connectivity index (χ0) is 9.76. The van der Waals surface area contributed by atoms with Crippen LogP contribution in [0.15, 0.2) is 12.2 Å². The molecule has 2 saturated heterocycles. The first kappa shape index (κ1) is 8.18. The van der Waals surface area contributed by atoms with Crippen molar-refractivity contribution in [3.63, 3.8) is 0 Å². The molecule has 1 N–H and O–H groups in total.